The Bertz CT molecular complexity index is 495. The number of rotatable bonds is 4. The maximum absolute atomic E-state index is 13.8. The van der Waals surface area contributed by atoms with Gasteiger partial charge in [0.05, 0.1) is 6.61 Å². The van der Waals surface area contributed by atoms with E-state index in [-0.39, 0.29) is 5.82 Å². The largest absolute Gasteiger partial charge is 0.380 e. The lowest BCUT2D eigenvalue weighted by atomic mass is 10.1. The van der Waals surface area contributed by atoms with Crippen LogP contribution in [0.4, 0.5) is 4.39 Å². The number of benzene rings is 1. The zero-order valence-corrected chi connectivity index (χ0v) is 10.2. The fraction of sp³-hybridized carbons (Fsp3) is 0.333. The van der Waals surface area contributed by atoms with Crippen molar-refractivity contribution in [1.82, 2.24) is 5.32 Å². The van der Waals surface area contributed by atoms with E-state index < -0.39 is 0 Å². The van der Waals surface area contributed by atoms with Gasteiger partial charge < -0.3 is 10.1 Å². The van der Waals surface area contributed by atoms with Crippen molar-refractivity contribution in [3.8, 4) is 0 Å². The van der Waals surface area contributed by atoms with Gasteiger partial charge in [0.15, 0.2) is 0 Å². The molecule has 1 N–H and O–H groups in total. The van der Waals surface area contributed by atoms with Crippen molar-refractivity contribution in [3.63, 3.8) is 0 Å². The average Bonchev–Trinajstić information content (AvgIpc) is 2.59. The van der Waals surface area contributed by atoms with Crippen molar-refractivity contribution in [3.05, 3.63) is 34.5 Å². The van der Waals surface area contributed by atoms with Crippen molar-refractivity contribution in [2.24, 2.45) is 0 Å². The Morgan fingerprint density at radius 2 is 2.25 bits per heavy atom. The van der Waals surface area contributed by atoms with Crippen molar-refractivity contribution in [1.29, 1.82) is 0 Å². The van der Waals surface area contributed by atoms with Gasteiger partial charge in [-0.2, -0.15) is 0 Å². The Balaban J connectivity index is 2.62. The van der Waals surface area contributed by atoms with Gasteiger partial charge >= 0.3 is 0 Å². The van der Waals surface area contributed by atoms with Gasteiger partial charge in [0.1, 0.15) is 5.82 Å². The first-order valence-electron chi connectivity index (χ1n) is 5.10. The second-order valence-electron chi connectivity index (χ2n) is 3.58. The number of thiophene rings is 1. The summed E-state index contributed by atoms with van der Waals surface area (Å²) < 4.78 is 19.9. The molecule has 16 heavy (non-hydrogen) atoms. The molecule has 86 valence electrons. The van der Waals surface area contributed by atoms with Crippen molar-refractivity contribution >= 4 is 21.4 Å². The van der Waals surface area contributed by atoms with Gasteiger partial charge in [0, 0.05) is 34.2 Å². The van der Waals surface area contributed by atoms with E-state index in [4.69, 9.17) is 4.74 Å². The van der Waals surface area contributed by atoms with Crippen LogP contribution in [0.25, 0.3) is 10.1 Å². The van der Waals surface area contributed by atoms with E-state index in [9.17, 15) is 4.39 Å². The highest BCUT2D eigenvalue weighted by atomic mass is 32.1. The van der Waals surface area contributed by atoms with E-state index >= 15 is 0 Å². The number of ether oxygens (including phenoxy) is 1. The lowest BCUT2D eigenvalue weighted by Gasteiger charge is -2.03. The number of methoxy groups -OCH3 is 1. The Kier molecular flexibility index (Phi) is 3.53. The van der Waals surface area contributed by atoms with Gasteiger partial charge in [-0.05, 0) is 19.2 Å². The monoisotopic (exact) mass is 239 g/mol. The molecule has 1 heterocycles. The van der Waals surface area contributed by atoms with Crippen LogP contribution in [0.3, 0.4) is 0 Å². The minimum absolute atomic E-state index is 0.164. The molecule has 0 aliphatic carbocycles. The molecule has 0 radical (unpaired) electrons. The highest BCUT2D eigenvalue weighted by Crippen LogP contribution is 2.33. The van der Waals surface area contributed by atoms with Gasteiger partial charge in [-0.1, -0.05) is 6.07 Å². The van der Waals surface area contributed by atoms with Crippen LogP contribution in [0.15, 0.2) is 18.2 Å². The molecule has 0 aliphatic rings. The molecular formula is C12H14FNOS. The summed E-state index contributed by atoms with van der Waals surface area (Å²) in [6.45, 7) is 1.20. The highest BCUT2D eigenvalue weighted by Gasteiger charge is 2.14. The quantitative estimate of drug-likeness (QED) is 0.885. The van der Waals surface area contributed by atoms with E-state index in [1.165, 1.54) is 6.07 Å². The average molecular weight is 239 g/mol. The third-order valence-corrected chi connectivity index (χ3v) is 3.67. The summed E-state index contributed by atoms with van der Waals surface area (Å²) >= 11 is 1.62. The van der Waals surface area contributed by atoms with Gasteiger partial charge in [0.2, 0.25) is 0 Å². The third-order valence-electron chi connectivity index (χ3n) is 2.47. The molecule has 0 unspecified atom stereocenters. The topological polar surface area (TPSA) is 21.3 Å². The zero-order chi connectivity index (χ0) is 11.5. The predicted molar refractivity (Wildman–Crippen MR) is 65.3 cm³/mol. The maximum atomic E-state index is 13.8. The first-order valence-corrected chi connectivity index (χ1v) is 5.92. The number of hydrogen-bond donors (Lipinski definition) is 1. The zero-order valence-electron chi connectivity index (χ0n) is 9.34. The molecule has 1 aromatic heterocycles. The first-order chi connectivity index (χ1) is 7.77. The van der Waals surface area contributed by atoms with Gasteiger partial charge in [-0.25, -0.2) is 4.39 Å². The SMILES string of the molecule is CNCc1sc2cccc(F)c2c1COC. The summed E-state index contributed by atoms with van der Waals surface area (Å²) in [5.41, 5.74) is 0.968. The lowest BCUT2D eigenvalue weighted by molar-refractivity contribution is 0.185. The Hall–Kier alpha value is -0.970. The van der Waals surface area contributed by atoms with E-state index in [1.54, 1.807) is 24.5 Å². The molecule has 1 aromatic carbocycles. The second kappa shape index (κ2) is 4.91. The van der Waals surface area contributed by atoms with Crippen molar-refractivity contribution in [2.75, 3.05) is 14.2 Å². The number of fused-ring (bicyclic) bond motifs is 1. The summed E-state index contributed by atoms with van der Waals surface area (Å²) in [5.74, 6) is -0.164. The molecule has 0 amide bonds. The van der Waals surface area contributed by atoms with Crippen molar-refractivity contribution < 1.29 is 9.13 Å². The third kappa shape index (κ3) is 1.96. The molecule has 0 spiro atoms. The molecule has 2 nitrogen and oxygen atoms in total. The van der Waals surface area contributed by atoms with Crippen LogP contribution >= 0.6 is 11.3 Å². The van der Waals surface area contributed by atoms with Crippen LogP contribution in [-0.4, -0.2) is 14.2 Å². The molecule has 0 atom stereocenters. The molecule has 0 saturated carbocycles. The smallest absolute Gasteiger partial charge is 0.132 e. The van der Waals surface area contributed by atoms with E-state index in [2.05, 4.69) is 5.32 Å². The molecule has 0 aliphatic heterocycles. The van der Waals surface area contributed by atoms with Gasteiger partial charge in [-0.3, -0.25) is 0 Å². The van der Waals surface area contributed by atoms with Gasteiger partial charge in [0.25, 0.3) is 0 Å². The van der Waals surface area contributed by atoms with Crippen LogP contribution in [0.1, 0.15) is 10.4 Å². The Morgan fingerprint density at radius 1 is 1.44 bits per heavy atom. The minimum Gasteiger partial charge on any atom is -0.380 e. The molecule has 2 rings (SSSR count). The van der Waals surface area contributed by atoms with Crippen LogP contribution in [0.5, 0.6) is 0 Å². The molecular weight excluding hydrogens is 225 g/mol. The molecule has 0 bridgehead atoms. The van der Waals surface area contributed by atoms with E-state index in [1.807, 2.05) is 13.1 Å². The minimum atomic E-state index is -0.164. The molecule has 0 saturated heterocycles. The van der Waals surface area contributed by atoms with E-state index in [0.717, 1.165) is 21.7 Å². The van der Waals surface area contributed by atoms with E-state index in [0.29, 0.717) is 12.0 Å². The summed E-state index contributed by atoms with van der Waals surface area (Å²) in [4.78, 5) is 1.14. The standard InChI is InChI=1S/C12H14FNOS/c1-14-6-11-8(7-15-2)12-9(13)4-3-5-10(12)16-11/h3-5,14H,6-7H2,1-2H3. The number of halogens is 1. The number of nitrogens with one attached hydrogen (secondary N) is 1. The summed E-state index contributed by atoms with van der Waals surface area (Å²) in [6.07, 6.45) is 0. The van der Waals surface area contributed by atoms with Crippen LogP contribution in [-0.2, 0) is 17.9 Å². The first kappa shape index (κ1) is 11.5. The van der Waals surface area contributed by atoms with Crippen molar-refractivity contribution in [2.45, 2.75) is 13.2 Å². The molecule has 4 heteroatoms. The second-order valence-corrected chi connectivity index (χ2v) is 4.72. The molecule has 2 aromatic rings. The lowest BCUT2D eigenvalue weighted by Crippen LogP contribution is -2.05. The summed E-state index contributed by atoms with van der Waals surface area (Å²) in [7, 11) is 3.52. The normalized spacial score (nSPS) is 11.2. The Labute approximate surface area is 98.0 Å². The Morgan fingerprint density at radius 3 is 2.94 bits per heavy atom. The van der Waals surface area contributed by atoms with Gasteiger partial charge in [-0.15, -0.1) is 11.3 Å². The fourth-order valence-corrected chi connectivity index (χ4v) is 3.05. The summed E-state index contributed by atoms with van der Waals surface area (Å²) in [5, 5.41) is 3.80. The van der Waals surface area contributed by atoms with Crippen LogP contribution in [0, 0.1) is 5.82 Å². The molecule has 0 fully saturated rings. The maximum Gasteiger partial charge on any atom is 0.132 e. The summed E-state index contributed by atoms with van der Waals surface area (Å²) in [6, 6.07) is 5.19. The van der Waals surface area contributed by atoms with Crippen LogP contribution in [0.2, 0.25) is 0 Å². The van der Waals surface area contributed by atoms with Crippen LogP contribution < -0.4 is 5.32 Å². The number of hydrogen-bond acceptors (Lipinski definition) is 3. The fourth-order valence-electron chi connectivity index (χ4n) is 1.82. The predicted octanol–water partition coefficient (Wildman–Crippen LogP) is 2.91. The highest BCUT2D eigenvalue weighted by molar-refractivity contribution is 7.19.